The van der Waals surface area contributed by atoms with E-state index in [2.05, 4.69) is 17.1 Å². The van der Waals surface area contributed by atoms with Crippen LogP contribution in [0.5, 0.6) is 5.75 Å². The van der Waals surface area contributed by atoms with E-state index in [1.807, 2.05) is 6.92 Å². The van der Waals surface area contributed by atoms with Gasteiger partial charge in [0.25, 0.3) is 5.91 Å². The number of carbonyl (C=O) groups is 1. The third kappa shape index (κ3) is 7.33. The maximum atomic E-state index is 14.3. The molecule has 1 N–H and O–H groups in total. The van der Waals surface area contributed by atoms with Crippen molar-refractivity contribution in [1.29, 1.82) is 0 Å². The smallest absolute Gasteiger partial charge is 0.255 e. The van der Waals surface area contributed by atoms with Crippen molar-refractivity contribution in [2.24, 2.45) is 5.10 Å². The van der Waals surface area contributed by atoms with Crippen molar-refractivity contribution < 1.29 is 22.3 Å². The fourth-order valence-electron chi connectivity index (χ4n) is 3.12. The molecule has 0 saturated heterocycles. The highest BCUT2D eigenvalue weighted by molar-refractivity contribution is 7.89. The monoisotopic (exact) mass is 495 g/mol. The first-order chi connectivity index (χ1) is 16.8. The molecule has 0 radical (unpaired) electrons. The van der Waals surface area contributed by atoms with Gasteiger partial charge in [0.2, 0.25) is 10.0 Å². The second kappa shape index (κ2) is 12.0. The first-order valence-electron chi connectivity index (χ1n) is 10.8. The zero-order valence-corrected chi connectivity index (χ0v) is 20.0. The van der Waals surface area contributed by atoms with E-state index in [4.69, 9.17) is 4.74 Å². The maximum Gasteiger partial charge on any atom is 0.255 e. The number of ether oxygens (including phenoxy) is 1. The van der Waals surface area contributed by atoms with Gasteiger partial charge in [-0.3, -0.25) is 4.79 Å². The summed E-state index contributed by atoms with van der Waals surface area (Å²) >= 11 is 0. The summed E-state index contributed by atoms with van der Waals surface area (Å²) in [4.78, 5) is 12.6. The van der Waals surface area contributed by atoms with E-state index < -0.39 is 28.3 Å². The van der Waals surface area contributed by atoms with Gasteiger partial charge in [-0.25, -0.2) is 18.2 Å². The predicted molar refractivity (Wildman–Crippen MR) is 133 cm³/mol. The Balaban J connectivity index is 1.76. The molecule has 0 heterocycles. The molecule has 0 bridgehead atoms. The Morgan fingerprint density at radius 3 is 2.57 bits per heavy atom. The van der Waals surface area contributed by atoms with Gasteiger partial charge in [0.05, 0.1) is 17.7 Å². The molecule has 3 rings (SSSR count). The summed E-state index contributed by atoms with van der Waals surface area (Å²) in [5.41, 5.74) is 4.03. The van der Waals surface area contributed by atoms with Crippen LogP contribution in [0.2, 0.25) is 0 Å². The largest absolute Gasteiger partial charge is 0.490 e. The minimum absolute atomic E-state index is 0.00656. The number of halogens is 1. The number of benzene rings is 3. The van der Waals surface area contributed by atoms with Crippen LogP contribution >= 0.6 is 0 Å². The van der Waals surface area contributed by atoms with Gasteiger partial charge in [-0.05, 0) is 42.8 Å². The number of amides is 1. The summed E-state index contributed by atoms with van der Waals surface area (Å²) in [5, 5.41) is 3.91. The van der Waals surface area contributed by atoms with Gasteiger partial charge >= 0.3 is 0 Å². The lowest BCUT2D eigenvalue weighted by atomic mass is 10.2. The van der Waals surface area contributed by atoms with Crippen LogP contribution in [0.15, 0.2) is 95.4 Å². The van der Waals surface area contributed by atoms with E-state index in [9.17, 15) is 17.6 Å². The third-order valence-electron chi connectivity index (χ3n) is 4.91. The zero-order chi connectivity index (χ0) is 25.3. The second-order valence-electron chi connectivity index (χ2n) is 7.64. The van der Waals surface area contributed by atoms with Crippen molar-refractivity contribution in [2.75, 3.05) is 13.2 Å². The highest BCUT2D eigenvalue weighted by atomic mass is 32.2. The highest BCUT2D eigenvalue weighted by Crippen LogP contribution is 2.20. The molecule has 182 valence electrons. The van der Waals surface area contributed by atoms with E-state index in [-0.39, 0.29) is 17.0 Å². The number of hydrogen-bond acceptors (Lipinski definition) is 5. The molecular weight excluding hydrogens is 469 g/mol. The molecule has 3 aromatic carbocycles. The van der Waals surface area contributed by atoms with Crippen LogP contribution in [-0.4, -0.2) is 38.0 Å². The average Bonchev–Trinajstić information content (AvgIpc) is 2.84. The lowest BCUT2D eigenvalue weighted by Gasteiger charge is -2.22. The standard InChI is InChI=1S/C26H26FN3O4S/c1-3-15-34-23-9-6-7-21(16-23)17-28-29-26(31)19-30(18-22-8-4-5-10-25(22)27)35(32,33)24-13-11-20(2)12-14-24/h3-14,16-17H,1,15,18-19H2,2H3,(H,29,31)/b28-17-. The van der Waals surface area contributed by atoms with Gasteiger partial charge in [-0.1, -0.05) is 60.7 Å². The summed E-state index contributed by atoms with van der Waals surface area (Å²) in [6.45, 7) is 4.91. The summed E-state index contributed by atoms with van der Waals surface area (Å²) in [6, 6.07) is 19.1. The Labute approximate surface area is 204 Å². The Bertz CT molecular complexity index is 1310. The van der Waals surface area contributed by atoms with E-state index in [0.29, 0.717) is 17.9 Å². The van der Waals surface area contributed by atoms with Crippen LogP contribution < -0.4 is 10.2 Å². The van der Waals surface area contributed by atoms with Crippen LogP contribution in [0.3, 0.4) is 0 Å². The molecule has 0 unspecified atom stereocenters. The maximum absolute atomic E-state index is 14.3. The van der Waals surface area contributed by atoms with Crippen molar-refractivity contribution in [3.05, 3.63) is 108 Å². The Morgan fingerprint density at radius 1 is 1.11 bits per heavy atom. The molecule has 0 spiro atoms. The van der Waals surface area contributed by atoms with Gasteiger partial charge in [0.15, 0.2) is 0 Å². The van der Waals surface area contributed by atoms with Gasteiger partial charge in [-0.15, -0.1) is 0 Å². The topological polar surface area (TPSA) is 88.1 Å². The number of nitrogens with one attached hydrogen (secondary N) is 1. The van der Waals surface area contributed by atoms with Gasteiger partial charge in [0.1, 0.15) is 18.2 Å². The minimum Gasteiger partial charge on any atom is -0.490 e. The van der Waals surface area contributed by atoms with Crippen molar-refractivity contribution in [3.63, 3.8) is 0 Å². The number of rotatable bonds is 11. The van der Waals surface area contributed by atoms with Crippen LogP contribution in [-0.2, 0) is 21.4 Å². The number of hydrogen-bond donors (Lipinski definition) is 1. The lowest BCUT2D eigenvalue weighted by Crippen LogP contribution is -2.39. The number of hydrazone groups is 1. The second-order valence-corrected chi connectivity index (χ2v) is 9.58. The van der Waals surface area contributed by atoms with Crippen molar-refractivity contribution in [1.82, 2.24) is 9.73 Å². The first-order valence-corrected chi connectivity index (χ1v) is 12.2. The van der Waals surface area contributed by atoms with Gasteiger partial charge in [-0.2, -0.15) is 9.41 Å². The van der Waals surface area contributed by atoms with Gasteiger partial charge < -0.3 is 4.74 Å². The van der Waals surface area contributed by atoms with Crippen LogP contribution in [0.4, 0.5) is 4.39 Å². The SMILES string of the molecule is C=CCOc1cccc(/C=N\NC(=O)CN(Cc2ccccc2F)S(=O)(=O)c2ccc(C)cc2)c1. The molecule has 7 nitrogen and oxygen atoms in total. The van der Waals surface area contributed by atoms with Crippen molar-refractivity contribution in [2.45, 2.75) is 18.4 Å². The van der Waals surface area contributed by atoms with E-state index in [1.165, 1.54) is 36.5 Å². The van der Waals surface area contributed by atoms with Crippen molar-refractivity contribution in [3.8, 4) is 5.75 Å². The highest BCUT2D eigenvalue weighted by Gasteiger charge is 2.27. The number of sulfonamides is 1. The fraction of sp³-hybridized carbons (Fsp3) is 0.154. The van der Waals surface area contributed by atoms with Crippen molar-refractivity contribution >= 4 is 22.1 Å². The Kier molecular flexibility index (Phi) is 8.88. The number of aryl methyl sites for hydroxylation is 1. The molecule has 3 aromatic rings. The molecule has 9 heteroatoms. The molecule has 0 saturated carbocycles. The van der Waals surface area contributed by atoms with Crippen LogP contribution in [0.1, 0.15) is 16.7 Å². The molecule has 0 atom stereocenters. The van der Waals surface area contributed by atoms with Crippen LogP contribution in [0, 0.1) is 12.7 Å². The molecule has 0 aliphatic heterocycles. The quantitative estimate of drug-likeness (QED) is 0.247. The normalized spacial score (nSPS) is 11.5. The van der Waals surface area contributed by atoms with E-state index in [0.717, 1.165) is 9.87 Å². The minimum atomic E-state index is -4.09. The fourth-order valence-corrected chi connectivity index (χ4v) is 4.49. The van der Waals surface area contributed by atoms with E-state index in [1.54, 1.807) is 48.5 Å². The lowest BCUT2D eigenvalue weighted by molar-refractivity contribution is -0.121. The molecule has 35 heavy (non-hydrogen) atoms. The molecule has 0 aliphatic carbocycles. The zero-order valence-electron chi connectivity index (χ0n) is 19.2. The summed E-state index contributed by atoms with van der Waals surface area (Å²) in [5.74, 6) is -0.624. The third-order valence-corrected chi connectivity index (χ3v) is 6.72. The number of carbonyl (C=O) groups excluding carboxylic acids is 1. The summed E-state index contributed by atoms with van der Waals surface area (Å²) < 4.78 is 47.2. The summed E-state index contributed by atoms with van der Waals surface area (Å²) in [6.07, 6.45) is 3.03. The Hall–Kier alpha value is -3.82. The molecule has 0 aliphatic rings. The molecule has 0 aromatic heterocycles. The van der Waals surface area contributed by atoms with E-state index >= 15 is 0 Å². The average molecular weight is 496 g/mol. The first kappa shape index (κ1) is 25.8. The summed E-state index contributed by atoms with van der Waals surface area (Å²) in [7, 11) is -4.09. The number of nitrogens with zero attached hydrogens (tertiary/aromatic N) is 2. The predicted octanol–water partition coefficient (Wildman–Crippen LogP) is 4.04. The van der Waals surface area contributed by atoms with Crippen LogP contribution in [0.25, 0.3) is 0 Å². The Morgan fingerprint density at radius 2 is 1.86 bits per heavy atom. The van der Waals surface area contributed by atoms with Gasteiger partial charge in [0, 0.05) is 12.1 Å². The molecule has 1 amide bonds. The molecule has 0 fully saturated rings. The molecular formula is C26H26FN3O4S.